The molecule has 1 aliphatic heterocycles. The van der Waals surface area contributed by atoms with Crippen LogP contribution in [0, 0.1) is 0 Å². The van der Waals surface area contributed by atoms with Crippen molar-refractivity contribution in [3.05, 3.63) is 59.7 Å². The Morgan fingerprint density at radius 2 is 1.82 bits per heavy atom. The van der Waals surface area contributed by atoms with Gasteiger partial charge in [-0.25, -0.2) is 4.99 Å². The standard InChI is InChI=1S/C18H16N2O2/c19-17-20-18(11-22-17)10-9-14-13(12-5-2-1-3-6-12)7-4-8-15(14)16(18)21/h1-8H,9-11H2,(H2,19,20). The number of Topliss-reactive ketones (excluding diaryl/α,β-unsaturated/α-hetero) is 1. The third-order valence-electron chi connectivity index (χ3n) is 4.50. The molecule has 1 atom stereocenters. The van der Waals surface area contributed by atoms with Crippen LogP contribution < -0.4 is 5.73 Å². The van der Waals surface area contributed by atoms with Gasteiger partial charge in [0.2, 0.25) is 0 Å². The topological polar surface area (TPSA) is 64.7 Å². The molecule has 2 aromatic rings. The molecule has 22 heavy (non-hydrogen) atoms. The largest absolute Gasteiger partial charge is 0.462 e. The fourth-order valence-electron chi connectivity index (χ4n) is 3.37. The summed E-state index contributed by atoms with van der Waals surface area (Å²) in [5.41, 5.74) is 8.91. The molecule has 0 radical (unpaired) electrons. The average Bonchev–Trinajstić information content (AvgIpc) is 2.94. The van der Waals surface area contributed by atoms with Gasteiger partial charge < -0.3 is 10.5 Å². The van der Waals surface area contributed by atoms with Crippen molar-refractivity contribution in [3.63, 3.8) is 0 Å². The number of carbonyl (C=O) groups excluding carboxylic acids is 1. The second-order valence-electron chi connectivity index (χ2n) is 5.80. The quantitative estimate of drug-likeness (QED) is 0.878. The lowest BCUT2D eigenvalue weighted by Gasteiger charge is -2.30. The number of benzene rings is 2. The van der Waals surface area contributed by atoms with Crippen LogP contribution in [0.5, 0.6) is 0 Å². The normalized spacial score (nSPS) is 23.1. The van der Waals surface area contributed by atoms with Gasteiger partial charge in [-0.05, 0) is 29.5 Å². The summed E-state index contributed by atoms with van der Waals surface area (Å²) < 4.78 is 5.25. The molecule has 0 saturated heterocycles. The molecular formula is C18H16N2O2. The van der Waals surface area contributed by atoms with E-state index in [0.29, 0.717) is 6.42 Å². The van der Waals surface area contributed by atoms with Gasteiger partial charge in [0, 0.05) is 5.56 Å². The van der Waals surface area contributed by atoms with Crippen LogP contribution in [0.25, 0.3) is 11.1 Å². The fourth-order valence-corrected chi connectivity index (χ4v) is 3.37. The molecule has 4 nitrogen and oxygen atoms in total. The van der Waals surface area contributed by atoms with Gasteiger partial charge in [-0.2, -0.15) is 0 Å². The van der Waals surface area contributed by atoms with Crippen LogP contribution in [0.1, 0.15) is 22.3 Å². The van der Waals surface area contributed by atoms with E-state index in [1.807, 2.05) is 30.3 Å². The first-order valence-electron chi connectivity index (χ1n) is 7.40. The van der Waals surface area contributed by atoms with Crippen LogP contribution in [0.15, 0.2) is 53.5 Å². The summed E-state index contributed by atoms with van der Waals surface area (Å²) in [5, 5.41) is 0. The number of ether oxygens (including phenoxy) is 1. The number of nitrogens with zero attached hydrogens (tertiary/aromatic N) is 1. The molecule has 2 aromatic carbocycles. The molecule has 0 amide bonds. The number of hydrogen-bond acceptors (Lipinski definition) is 4. The van der Waals surface area contributed by atoms with Crippen molar-refractivity contribution in [1.29, 1.82) is 0 Å². The molecule has 1 spiro atoms. The second kappa shape index (κ2) is 4.70. The zero-order valence-electron chi connectivity index (χ0n) is 12.1. The van der Waals surface area contributed by atoms with Gasteiger partial charge >= 0.3 is 0 Å². The second-order valence-corrected chi connectivity index (χ2v) is 5.80. The molecule has 0 fully saturated rings. The highest BCUT2D eigenvalue weighted by Crippen LogP contribution is 2.38. The van der Waals surface area contributed by atoms with Crippen molar-refractivity contribution in [2.45, 2.75) is 18.4 Å². The molecule has 1 aliphatic carbocycles. The number of rotatable bonds is 1. The van der Waals surface area contributed by atoms with Crippen LogP contribution in [0.3, 0.4) is 0 Å². The highest BCUT2D eigenvalue weighted by atomic mass is 16.5. The summed E-state index contributed by atoms with van der Waals surface area (Å²) in [7, 11) is 0. The molecule has 0 aromatic heterocycles. The minimum atomic E-state index is -0.813. The number of carbonyl (C=O) groups is 1. The van der Waals surface area contributed by atoms with E-state index in [2.05, 4.69) is 23.2 Å². The van der Waals surface area contributed by atoms with Gasteiger partial charge in [-0.1, -0.05) is 48.5 Å². The lowest BCUT2D eigenvalue weighted by atomic mass is 9.75. The van der Waals surface area contributed by atoms with Crippen molar-refractivity contribution in [3.8, 4) is 11.1 Å². The molecule has 4 rings (SSSR count). The molecule has 0 saturated carbocycles. The molecular weight excluding hydrogens is 276 g/mol. The number of amidine groups is 1. The number of ketones is 1. The molecule has 2 aliphatic rings. The highest BCUT2D eigenvalue weighted by Gasteiger charge is 2.47. The van der Waals surface area contributed by atoms with Crippen LogP contribution in [0.2, 0.25) is 0 Å². The number of fused-ring (bicyclic) bond motifs is 1. The minimum absolute atomic E-state index is 0.0204. The Balaban J connectivity index is 1.83. The van der Waals surface area contributed by atoms with E-state index in [4.69, 9.17) is 10.5 Å². The molecule has 1 heterocycles. The Kier molecular flexibility index (Phi) is 2.79. The van der Waals surface area contributed by atoms with Crippen molar-refractivity contribution in [2.24, 2.45) is 10.7 Å². The lowest BCUT2D eigenvalue weighted by molar-refractivity contribution is 0.0835. The van der Waals surface area contributed by atoms with Crippen LogP contribution >= 0.6 is 0 Å². The SMILES string of the molecule is NC1=NC2(CCc3c(cccc3-c3ccccc3)C2=O)CO1. The van der Waals surface area contributed by atoms with Gasteiger partial charge in [0.15, 0.2) is 11.3 Å². The number of nitrogens with two attached hydrogens (primary N) is 1. The fraction of sp³-hybridized carbons (Fsp3) is 0.222. The lowest BCUT2D eigenvalue weighted by Crippen LogP contribution is -2.42. The first-order chi connectivity index (χ1) is 10.7. The van der Waals surface area contributed by atoms with E-state index in [9.17, 15) is 4.79 Å². The highest BCUT2D eigenvalue weighted by molar-refractivity contribution is 6.08. The Bertz CT molecular complexity index is 783. The molecule has 110 valence electrons. The maximum Gasteiger partial charge on any atom is 0.283 e. The first kappa shape index (κ1) is 13.1. The zero-order chi connectivity index (χ0) is 15.2. The van der Waals surface area contributed by atoms with Crippen molar-refractivity contribution < 1.29 is 9.53 Å². The number of aliphatic imine (C=N–C) groups is 1. The van der Waals surface area contributed by atoms with E-state index in [0.717, 1.165) is 28.7 Å². The predicted octanol–water partition coefficient (Wildman–Crippen LogP) is 2.57. The summed E-state index contributed by atoms with van der Waals surface area (Å²) in [6.45, 7) is 0.257. The van der Waals surface area contributed by atoms with Gasteiger partial charge in [-0.15, -0.1) is 0 Å². The third-order valence-corrected chi connectivity index (χ3v) is 4.50. The molecule has 2 N–H and O–H groups in total. The smallest absolute Gasteiger partial charge is 0.283 e. The Morgan fingerprint density at radius 1 is 1.05 bits per heavy atom. The Morgan fingerprint density at radius 3 is 2.55 bits per heavy atom. The van der Waals surface area contributed by atoms with E-state index < -0.39 is 5.54 Å². The van der Waals surface area contributed by atoms with Crippen molar-refractivity contribution in [2.75, 3.05) is 6.61 Å². The predicted molar refractivity (Wildman–Crippen MR) is 84.8 cm³/mol. The summed E-state index contributed by atoms with van der Waals surface area (Å²) in [6, 6.07) is 16.2. The Hall–Kier alpha value is -2.62. The van der Waals surface area contributed by atoms with Gasteiger partial charge in [0.05, 0.1) is 0 Å². The maximum absolute atomic E-state index is 12.9. The summed E-state index contributed by atoms with van der Waals surface area (Å²) in [6.07, 6.45) is 1.44. The average molecular weight is 292 g/mol. The van der Waals surface area contributed by atoms with E-state index in [1.54, 1.807) is 0 Å². The van der Waals surface area contributed by atoms with Gasteiger partial charge in [0.1, 0.15) is 6.61 Å². The van der Waals surface area contributed by atoms with E-state index >= 15 is 0 Å². The van der Waals surface area contributed by atoms with Gasteiger partial charge in [-0.3, -0.25) is 4.79 Å². The summed E-state index contributed by atoms with van der Waals surface area (Å²) in [5.74, 6) is 0.0204. The van der Waals surface area contributed by atoms with Crippen LogP contribution in [-0.4, -0.2) is 24.0 Å². The molecule has 4 heteroatoms. The third kappa shape index (κ3) is 1.84. The van der Waals surface area contributed by atoms with Crippen molar-refractivity contribution >= 4 is 11.8 Å². The Labute approximate surface area is 128 Å². The summed E-state index contributed by atoms with van der Waals surface area (Å²) >= 11 is 0. The van der Waals surface area contributed by atoms with Crippen LogP contribution in [-0.2, 0) is 11.2 Å². The number of hydrogen-bond donors (Lipinski definition) is 1. The van der Waals surface area contributed by atoms with E-state index in [-0.39, 0.29) is 18.4 Å². The van der Waals surface area contributed by atoms with Crippen molar-refractivity contribution in [1.82, 2.24) is 0 Å². The zero-order valence-corrected chi connectivity index (χ0v) is 12.1. The first-order valence-corrected chi connectivity index (χ1v) is 7.40. The van der Waals surface area contributed by atoms with Crippen LogP contribution in [0.4, 0.5) is 0 Å². The minimum Gasteiger partial charge on any atom is -0.462 e. The van der Waals surface area contributed by atoms with Gasteiger partial charge in [0.25, 0.3) is 6.02 Å². The van der Waals surface area contributed by atoms with E-state index in [1.165, 1.54) is 0 Å². The maximum atomic E-state index is 12.9. The summed E-state index contributed by atoms with van der Waals surface area (Å²) in [4.78, 5) is 17.2. The molecule has 0 bridgehead atoms. The molecule has 1 unspecified atom stereocenters. The monoisotopic (exact) mass is 292 g/mol.